The molecule has 8 heteroatoms. The first-order chi connectivity index (χ1) is 15.3. The molecule has 0 fully saturated rings. The molecule has 0 saturated carbocycles. The predicted octanol–water partition coefficient (Wildman–Crippen LogP) is 3.52. The Morgan fingerprint density at radius 2 is 1.78 bits per heavy atom. The van der Waals surface area contributed by atoms with E-state index in [9.17, 15) is 9.59 Å². The molecule has 1 amide bonds. The number of carbonyl (C=O) groups is 2. The number of hydrogen-bond acceptors (Lipinski definition) is 5. The highest BCUT2D eigenvalue weighted by Crippen LogP contribution is 2.23. The molecule has 32 heavy (non-hydrogen) atoms. The van der Waals surface area contributed by atoms with E-state index in [-0.39, 0.29) is 13.2 Å². The quantitative estimate of drug-likeness (QED) is 0.359. The van der Waals surface area contributed by atoms with Crippen LogP contribution in [0, 0.1) is 20.8 Å². The van der Waals surface area contributed by atoms with Gasteiger partial charge >= 0.3 is 5.97 Å². The number of esters is 1. The van der Waals surface area contributed by atoms with Gasteiger partial charge in [-0.3, -0.25) is 9.59 Å². The molecule has 0 atom stereocenters. The first-order valence-electron chi connectivity index (χ1n) is 10.3. The molecule has 0 spiro atoms. The van der Waals surface area contributed by atoms with Gasteiger partial charge in [-0.25, -0.2) is 4.68 Å². The Morgan fingerprint density at radius 1 is 1.06 bits per heavy atom. The van der Waals surface area contributed by atoms with Crippen molar-refractivity contribution in [3.05, 3.63) is 71.7 Å². The third-order valence-electron chi connectivity index (χ3n) is 5.36. The molecule has 0 aliphatic rings. The second kappa shape index (κ2) is 8.58. The highest BCUT2D eigenvalue weighted by Gasteiger charge is 2.17. The minimum absolute atomic E-state index is 0.0414. The Bertz CT molecular complexity index is 1300. The average molecular weight is 431 g/mol. The van der Waals surface area contributed by atoms with Crippen LogP contribution < -0.4 is 11.1 Å². The molecule has 0 aliphatic carbocycles. The largest absolute Gasteiger partial charge is 0.454 e. The first-order valence-corrected chi connectivity index (χ1v) is 10.3. The maximum Gasteiger partial charge on any atom is 0.326 e. The maximum atomic E-state index is 12.4. The molecule has 164 valence electrons. The van der Waals surface area contributed by atoms with Gasteiger partial charge < -0.3 is 20.4 Å². The lowest BCUT2D eigenvalue weighted by molar-refractivity contribution is -0.147. The Hall–Kier alpha value is -4.07. The Kier molecular flexibility index (Phi) is 5.68. The van der Waals surface area contributed by atoms with Crippen LogP contribution in [0.4, 0.5) is 11.4 Å². The standard InChI is InChI=1S/C24H25N5O3/c1-15-12-18-6-4-5-7-21(18)28(15)13-23(31)32-14-22(30)26-24-16(2)27-29(17(24)3)20-10-8-19(25)9-11-20/h4-12H,13-14,25H2,1-3H3,(H,26,30). The van der Waals surface area contributed by atoms with E-state index in [2.05, 4.69) is 10.4 Å². The van der Waals surface area contributed by atoms with E-state index < -0.39 is 11.9 Å². The van der Waals surface area contributed by atoms with Crippen LogP contribution >= 0.6 is 0 Å². The lowest BCUT2D eigenvalue weighted by atomic mass is 10.2. The number of hydrogen-bond donors (Lipinski definition) is 2. The fourth-order valence-electron chi connectivity index (χ4n) is 3.75. The van der Waals surface area contributed by atoms with E-state index in [0.29, 0.717) is 17.1 Å². The second-order valence-electron chi connectivity index (χ2n) is 7.69. The monoisotopic (exact) mass is 431 g/mol. The third kappa shape index (κ3) is 4.20. The minimum Gasteiger partial charge on any atom is -0.454 e. The normalized spacial score (nSPS) is 11.0. The summed E-state index contributed by atoms with van der Waals surface area (Å²) in [6, 6.07) is 17.1. The van der Waals surface area contributed by atoms with Gasteiger partial charge in [0.25, 0.3) is 5.91 Å². The van der Waals surface area contributed by atoms with Crippen molar-refractivity contribution in [3.8, 4) is 5.69 Å². The number of aromatic nitrogens is 3. The molecule has 2 heterocycles. The van der Waals surface area contributed by atoms with E-state index in [1.807, 2.05) is 67.8 Å². The highest BCUT2D eigenvalue weighted by atomic mass is 16.5. The summed E-state index contributed by atoms with van der Waals surface area (Å²) in [6.45, 7) is 5.27. The molecule has 0 saturated heterocycles. The smallest absolute Gasteiger partial charge is 0.326 e. The number of anilines is 2. The van der Waals surface area contributed by atoms with Crippen LogP contribution in [-0.2, 0) is 20.9 Å². The van der Waals surface area contributed by atoms with E-state index in [1.54, 1.807) is 16.8 Å². The number of ether oxygens (including phenoxy) is 1. The van der Waals surface area contributed by atoms with Crippen LogP contribution in [0.5, 0.6) is 0 Å². The summed E-state index contributed by atoms with van der Waals surface area (Å²) < 4.78 is 8.83. The number of nitrogens with zero attached hydrogens (tertiary/aromatic N) is 3. The van der Waals surface area contributed by atoms with Crippen molar-refractivity contribution in [2.75, 3.05) is 17.7 Å². The zero-order valence-electron chi connectivity index (χ0n) is 18.3. The molecule has 3 N–H and O–H groups in total. The van der Waals surface area contributed by atoms with Crippen LogP contribution in [0.25, 0.3) is 16.6 Å². The van der Waals surface area contributed by atoms with Crippen molar-refractivity contribution in [3.63, 3.8) is 0 Å². The van der Waals surface area contributed by atoms with Crippen molar-refractivity contribution in [1.82, 2.24) is 14.3 Å². The summed E-state index contributed by atoms with van der Waals surface area (Å²) >= 11 is 0. The van der Waals surface area contributed by atoms with Gasteiger partial charge in [-0.1, -0.05) is 18.2 Å². The summed E-state index contributed by atoms with van der Waals surface area (Å²) in [5, 5.41) is 8.36. The Balaban J connectivity index is 1.39. The fourth-order valence-corrected chi connectivity index (χ4v) is 3.75. The maximum absolute atomic E-state index is 12.4. The molecule has 8 nitrogen and oxygen atoms in total. The number of benzene rings is 2. The van der Waals surface area contributed by atoms with Crippen LogP contribution in [0.3, 0.4) is 0 Å². The van der Waals surface area contributed by atoms with Crippen LogP contribution in [-0.4, -0.2) is 32.8 Å². The van der Waals surface area contributed by atoms with E-state index >= 15 is 0 Å². The Morgan fingerprint density at radius 3 is 2.53 bits per heavy atom. The zero-order valence-corrected chi connectivity index (χ0v) is 18.3. The number of nitrogens with two attached hydrogens (primary N) is 1. The molecule has 0 bridgehead atoms. The topological polar surface area (TPSA) is 104 Å². The number of para-hydroxylation sites is 1. The fraction of sp³-hybridized carbons (Fsp3) is 0.208. The van der Waals surface area contributed by atoms with E-state index in [4.69, 9.17) is 10.5 Å². The average Bonchev–Trinajstić information content (AvgIpc) is 3.23. The molecular formula is C24H25N5O3. The summed E-state index contributed by atoms with van der Waals surface area (Å²) in [6.07, 6.45) is 0. The van der Waals surface area contributed by atoms with Crippen LogP contribution in [0.1, 0.15) is 17.1 Å². The number of aryl methyl sites for hydroxylation is 2. The van der Waals surface area contributed by atoms with Gasteiger partial charge in [0.2, 0.25) is 0 Å². The van der Waals surface area contributed by atoms with Gasteiger partial charge in [0.1, 0.15) is 6.54 Å². The lowest BCUT2D eigenvalue weighted by Crippen LogP contribution is -2.23. The van der Waals surface area contributed by atoms with Gasteiger partial charge in [-0.15, -0.1) is 0 Å². The van der Waals surface area contributed by atoms with Crippen LogP contribution in [0.15, 0.2) is 54.6 Å². The predicted molar refractivity (Wildman–Crippen MR) is 124 cm³/mol. The minimum atomic E-state index is -0.476. The number of nitrogen functional groups attached to an aromatic ring is 1. The van der Waals surface area contributed by atoms with E-state index in [1.165, 1.54) is 0 Å². The number of nitrogens with one attached hydrogen (secondary N) is 1. The highest BCUT2D eigenvalue weighted by molar-refractivity contribution is 5.94. The summed E-state index contributed by atoms with van der Waals surface area (Å²) in [7, 11) is 0. The number of rotatable bonds is 6. The van der Waals surface area contributed by atoms with Gasteiger partial charge in [0, 0.05) is 16.9 Å². The molecule has 4 aromatic rings. The molecule has 2 aromatic heterocycles. The molecule has 2 aromatic carbocycles. The number of carbonyl (C=O) groups excluding carboxylic acids is 2. The van der Waals surface area contributed by atoms with Gasteiger partial charge in [0.05, 0.1) is 22.8 Å². The van der Waals surface area contributed by atoms with Crippen molar-refractivity contribution >= 4 is 34.2 Å². The van der Waals surface area contributed by atoms with Gasteiger partial charge in [-0.2, -0.15) is 5.10 Å². The van der Waals surface area contributed by atoms with Crippen LogP contribution in [0.2, 0.25) is 0 Å². The lowest BCUT2D eigenvalue weighted by Gasteiger charge is -2.10. The third-order valence-corrected chi connectivity index (χ3v) is 5.36. The Labute approximate surface area is 185 Å². The van der Waals surface area contributed by atoms with E-state index in [0.717, 1.165) is 28.0 Å². The molecule has 0 radical (unpaired) electrons. The summed E-state index contributed by atoms with van der Waals surface area (Å²) in [5.74, 6) is -0.897. The van der Waals surface area contributed by atoms with Gasteiger partial charge in [-0.05, 0) is 62.6 Å². The van der Waals surface area contributed by atoms with Crippen molar-refractivity contribution in [2.45, 2.75) is 27.3 Å². The molecule has 4 rings (SSSR count). The first kappa shape index (κ1) is 21.2. The summed E-state index contributed by atoms with van der Waals surface area (Å²) in [4.78, 5) is 24.8. The van der Waals surface area contributed by atoms with Crippen molar-refractivity contribution in [1.29, 1.82) is 0 Å². The second-order valence-corrected chi connectivity index (χ2v) is 7.69. The van der Waals surface area contributed by atoms with Crippen molar-refractivity contribution in [2.24, 2.45) is 0 Å². The molecular weight excluding hydrogens is 406 g/mol. The summed E-state index contributed by atoms with van der Waals surface area (Å²) in [5.41, 5.74) is 11.2. The number of amides is 1. The number of fused-ring (bicyclic) bond motifs is 1. The molecule has 0 unspecified atom stereocenters. The van der Waals surface area contributed by atoms with Crippen molar-refractivity contribution < 1.29 is 14.3 Å². The zero-order chi connectivity index (χ0) is 22.8. The SMILES string of the molecule is Cc1nn(-c2ccc(N)cc2)c(C)c1NC(=O)COC(=O)Cn1c(C)cc2ccccc21. The molecule has 0 aliphatic heterocycles. The van der Waals surface area contributed by atoms with Gasteiger partial charge in [0.15, 0.2) is 6.61 Å².